The van der Waals surface area contributed by atoms with Crippen LogP contribution >= 0.6 is 0 Å². The summed E-state index contributed by atoms with van der Waals surface area (Å²) in [7, 11) is -8.39. The van der Waals surface area contributed by atoms with Crippen LogP contribution in [0.1, 0.15) is 44.8 Å². The molecule has 1 aromatic heterocycles. The fourth-order valence-corrected chi connectivity index (χ4v) is 6.20. The molecule has 182 valence electrons. The zero-order chi connectivity index (χ0) is 24.4. The van der Waals surface area contributed by atoms with Gasteiger partial charge < -0.3 is 10.0 Å². The predicted octanol–water partition coefficient (Wildman–Crippen LogP) is 1.90. The van der Waals surface area contributed by atoms with Crippen LogP contribution in [0.5, 0.6) is 0 Å². The Bertz CT molecular complexity index is 1200. The van der Waals surface area contributed by atoms with Crippen molar-refractivity contribution in [2.45, 2.75) is 48.9 Å². The molecule has 0 spiro atoms. The van der Waals surface area contributed by atoms with Gasteiger partial charge in [0.2, 0.25) is 20.0 Å². The van der Waals surface area contributed by atoms with Gasteiger partial charge in [0.05, 0.1) is 35.1 Å². The highest BCUT2D eigenvalue weighted by atomic mass is 32.2. The highest BCUT2D eigenvalue weighted by Crippen LogP contribution is 2.37. The fourth-order valence-electron chi connectivity index (χ4n) is 4.10. The molecule has 3 rings (SSSR count). The second kappa shape index (κ2) is 9.63. The number of anilines is 1. The van der Waals surface area contributed by atoms with E-state index in [2.05, 4.69) is 9.71 Å². The number of hydrogen-bond donors (Lipinski definition) is 3. The minimum absolute atomic E-state index is 0.0313. The first kappa shape index (κ1) is 25.5. The standard InChI is InChI=1S/C21H29FN4O5S2/c1-3-21(14-27)9-4-10-26(13-21)19-8-6-17(11-20(19)32(23,28)29)33(30,31)25-15(2)18-7-5-16(22)12-24-18/h5-8,11-12,15,25,27H,3-4,9-10,13-14H2,1-2H3,(H2,23,28,29)/t15-,21?/m1/s1. The van der Waals surface area contributed by atoms with Crippen LogP contribution in [0.25, 0.3) is 0 Å². The average Bonchev–Trinajstić information content (AvgIpc) is 2.78. The summed E-state index contributed by atoms with van der Waals surface area (Å²) in [5, 5.41) is 15.3. The average molecular weight is 501 g/mol. The third-order valence-electron chi connectivity index (χ3n) is 6.16. The topological polar surface area (TPSA) is 143 Å². The van der Waals surface area contributed by atoms with E-state index in [1.165, 1.54) is 24.3 Å². The lowest BCUT2D eigenvalue weighted by atomic mass is 9.78. The smallest absolute Gasteiger partial charge is 0.241 e. The van der Waals surface area contributed by atoms with Gasteiger partial charge in [-0.15, -0.1) is 0 Å². The summed E-state index contributed by atoms with van der Waals surface area (Å²) in [4.78, 5) is 5.13. The third kappa shape index (κ3) is 5.69. The number of benzene rings is 1. The fraction of sp³-hybridized carbons (Fsp3) is 0.476. The Kier molecular flexibility index (Phi) is 7.44. The van der Waals surface area contributed by atoms with Crippen molar-refractivity contribution in [3.8, 4) is 0 Å². The molecule has 4 N–H and O–H groups in total. The number of aromatic nitrogens is 1. The molecule has 9 nitrogen and oxygen atoms in total. The molecular formula is C21H29FN4O5S2. The van der Waals surface area contributed by atoms with Gasteiger partial charge in [-0.2, -0.15) is 0 Å². The highest BCUT2D eigenvalue weighted by molar-refractivity contribution is 7.90. The first-order chi connectivity index (χ1) is 15.4. The predicted molar refractivity (Wildman–Crippen MR) is 122 cm³/mol. The van der Waals surface area contributed by atoms with Gasteiger partial charge in [-0.05, 0) is 56.5 Å². The van der Waals surface area contributed by atoms with E-state index in [1.54, 1.807) is 6.92 Å². The number of nitrogens with one attached hydrogen (secondary N) is 1. The summed E-state index contributed by atoms with van der Waals surface area (Å²) < 4.78 is 66.2. The summed E-state index contributed by atoms with van der Waals surface area (Å²) in [6, 6.07) is 5.53. The van der Waals surface area contributed by atoms with Gasteiger partial charge in [0.15, 0.2) is 0 Å². The van der Waals surface area contributed by atoms with Crippen molar-refractivity contribution in [1.29, 1.82) is 0 Å². The van der Waals surface area contributed by atoms with Crippen molar-refractivity contribution >= 4 is 25.7 Å². The van der Waals surface area contributed by atoms with Crippen molar-refractivity contribution in [3.05, 3.63) is 48.0 Å². The number of piperidine rings is 1. The van der Waals surface area contributed by atoms with Crippen LogP contribution < -0.4 is 14.8 Å². The molecule has 0 radical (unpaired) electrons. The number of hydrogen-bond acceptors (Lipinski definition) is 7. The molecule has 1 saturated heterocycles. The van der Waals surface area contributed by atoms with Crippen molar-refractivity contribution < 1.29 is 26.3 Å². The number of sulfonamides is 2. The molecule has 1 unspecified atom stereocenters. The van der Waals surface area contributed by atoms with Gasteiger partial charge in [-0.3, -0.25) is 4.98 Å². The maximum atomic E-state index is 13.1. The summed E-state index contributed by atoms with van der Waals surface area (Å²) in [6.07, 6.45) is 3.26. The molecule has 1 aromatic carbocycles. The molecule has 2 heterocycles. The Morgan fingerprint density at radius 1 is 1.27 bits per heavy atom. The molecule has 0 saturated carbocycles. The Morgan fingerprint density at radius 3 is 2.58 bits per heavy atom. The van der Waals surface area contributed by atoms with E-state index in [0.717, 1.165) is 31.5 Å². The molecule has 1 aliphatic heterocycles. The number of rotatable bonds is 8. The lowest BCUT2D eigenvalue weighted by Gasteiger charge is -2.43. The quantitative estimate of drug-likeness (QED) is 0.502. The van der Waals surface area contributed by atoms with E-state index in [9.17, 15) is 26.3 Å². The second-order valence-electron chi connectivity index (χ2n) is 8.46. The first-order valence-corrected chi connectivity index (χ1v) is 13.6. The van der Waals surface area contributed by atoms with Gasteiger partial charge in [0.1, 0.15) is 10.7 Å². The maximum Gasteiger partial charge on any atom is 0.241 e. The molecule has 2 aromatic rings. The number of nitrogens with two attached hydrogens (primary N) is 1. The number of nitrogens with zero attached hydrogens (tertiary/aromatic N) is 2. The van der Waals surface area contributed by atoms with Gasteiger partial charge >= 0.3 is 0 Å². The van der Waals surface area contributed by atoms with E-state index in [1.807, 2.05) is 11.8 Å². The zero-order valence-corrected chi connectivity index (χ0v) is 20.2. The second-order valence-corrected chi connectivity index (χ2v) is 11.7. The maximum absolute atomic E-state index is 13.1. The first-order valence-electron chi connectivity index (χ1n) is 10.6. The number of primary sulfonamides is 1. The van der Waals surface area contributed by atoms with E-state index < -0.39 is 31.9 Å². The van der Waals surface area contributed by atoms with Gasteiger partial charge in [-0.1, -0.05) is 6.92 Å². The summed E-state index contributed by atoms with van der Waals surface area (Å²) in [5.41, 5.74) is 0.241. The van der Waals surface area contributed by atoms with Crippen molar-refractivity contribution in [1.82, 2.24) is 9.71 Å². The van der Waals surface area contributed by atoms with E-state index in [0.29, 0.717) is 24.5 Å². The van der Waals surface area contributed by atoms with E-state index >= 15 is 0 Å². The number of pyridine rings is 1. The summed E-state index contributed by atoms with van der Waals surface area (Å²) in [5.74, 6) is -0.548. The summed E-state index contributed by atoms with van der Waals surface area (Å²) >= 11 is 0. The number of halogens is 1. The molecule has 0 aliphatic carbocycles. The van der Waals surface area contributed by atoms with Crippen LogP contribution in [0.15, 0.2) is 46.3 Å². The number of aliphatic hydroxyl groups is 1. The molecule has 0 bridgehead atoms. The van der Waals surface area contributed by atoms with Crippen molar-refractivity contribution in [2.24, 2.45) is 10.6 Å². The molecule has 0 amide bonds. The zero-order valence-electron chi connectivity index (χ0n) is 18.5. The molecular weight excluding hydrogens is 471 g/mol. The molecule has 12 heteroatoms. The monoisotopic (exact) mass is 500 g/mol. The van der Waals surface area contributed by atoms with Gasteiger partial charge in [0.25, 0.3) is 0 Å². The molecule has 1 fully saturated rings. The molecule has 33 heavy (non-hydrogen) atoms. The molecule has 1 aliphatic rings. The van der Waals surface area contributed by atoms with E-state index in [4.69, 9.17) is 5.14 Å². The van der Waals surface area contributed by atoms with Gasteiger partial charge in [0, 0.05) is 18.5 Å². The Balaban J connectivity index is 1.95. The normalized spacial score (nSPS) is 20.6. The van der Waals surface area contributed by atoms with Crippen LogP contribution in [0, 0.1) is 11.2 Å². The van der Waals surface area contributed by atoms with Gasteiger partial charge in [-0.25, -0.2) is 31.1 Å². The minimum atomic E-state index is -4.25. The lowest BCUT2D eigenvalue weighted by molar-refractivity contribution is 0.101. The largest absolute Gasteiger partial charge is 0.396 e. The lowest BCUT2D eigenvalue weighted by Crippen LogP contribution is -2.45. The van der Waals surface area contributed by atoms with Crippen LogP contribution in [0.4, 0.5) is 10.1 Å². The Hall–Kier alpha value is -2.12. The van der Waals surface area contributed by atoms with E-state index in [-0.39, 0.29) is 21.8 Å². The van der Waals surface area contributed by atoms with Crippen LogP contribution in [0.3, 0.4) is 0 Å². The van der Waals surface area contributed by atoms with Crippen LogP contribution in [-0.4, -0.2) is 46.6 Å². The number of aliphatic hydroxyl groups excluding tert-OH is 1. The van der Waals surface area contributed by atoms with Crippen molar-refractivity contribution in [2.75, 3.05) is 24.6 Å². The Labute approximate surface area is 193 Å². The summed E-state index contributed by atoms with van der Waals surface area (Å²) in [6.45, 7) is 4.47. The molecule has 2 atom stereocenters. The third-order valence-corrected chi connectivity index (χ3v) is 8.64. The highest BCUT2D eigenvalue weighted by Gasteiger charge is 2.35. The minimum Gasteiger partial charge on any atom is -0.396 e. The Morgan fingerprint density at radius 2 is 2.00 bits per heavy atom. The van der Waals surface area contributed by atoms with Crippen molar-refractivity contribution in [3.63, 3.8) is 0 Å². The van der Waals surface area contributed by atoms with Crippen LogP contribution in [-0.2, 0) is 20.0 Å². The SMILES string of the molecule is CCC1(CO)CCCN(c2ccc(S(=O)(=O)N[C@H](C)c3ccc(F)cn3)cc2S(N)(=O)=O)C1. The van der Waals surface area contributed by atoms with Crippen LogP contribution in [0.2, 0.25) is 0 Å².